The molecule has 5 rings (SSSR count). The van der Waals surface area contributed by atoms with E-state index in [9.17, 15) is 14.4 Å². The van der Waals surface area contributed by atoms with Gasteiger partial charge in [0.05, 0.1) is 39.0 Å². The first-order chi connectivity index (χ1) is 20.6. The van der Waals surface area contributed by atoms with Gasteiger partial charge in [-0.05, 0) is 48.9 Å². The average Bonchev–Trinajstić information content (AvgIpc) is 3.56. The maximum atomic E-state index is 13.9. The summed E-state index contributed by atoms with van der Waals surface area (Å²) in [5.41, 5.74) is 1.26. The predicted octanol–water partition coefficient (Wildman–Crippen LogP) is 5.47. The van der Waals surface area contributed by atoms with Crippen LogP contribution in [-0.4, -0.2) is 30.2 Å². The number of thiazole rings is 1. The van der Waals surface area contributed by atoms with E-state index in [0.29, 0.717) is 47.7 Å². The number of hydrogen-bond acceptors (Lipinski definition) is 9. The standard InChI is InChI=1S/C31H24Cl2N2O7S/c1-5-13-40-30(38)26-16(2)34-31-35(28(26)18-9-11-23(41-17(3)36)24(14-18)39-4)29(37)25(43-31)15-19-10-12-22(42-19)20-7-6-8-21(32)27(20)33/h5-12,14-15,28H,1,13H2,2-4H3. The summed E-state index contributed by atoms with van der Waals surface area (Å²) in [6.07, 6.45) is 3.05. The summed E-state index contributed by atoms with van der Waals surface area (Å²) < 4.78 is 23.8. The zero-order valence-corrected chi connectivity index (χ0v) is 25.5. The second-order valence-electron chi connectivity index (χ2n) is 9.28. The molecule has 2 aromatic heterocycles. The Morgan fingerprint density at radius 1 is 1.16 bits per heavy atom. The van der Waals surface area contributed by atoms with E-state index in [1.807, 2.05) is 0 Å². The van der Waals surface area contributed by atoms with Gasteiger partial charge in [0.15, 0.2) is 16.3 Å². The molecule has 0 saturated heterocycles. The van der Waals surface area contributed by atoms with Crippen molar-refractivity contribution in [3.63, 3.8) is 0 Å². The quantitative estimate of drug-likeness (QED) is 0.143. The first-order valence-corrected chi connectivity index (χ1v) is 14.4. The lowest BCUT2D eigenvalue weighted by atomic mass is 9.95. The highest BCUT2D eigenvalue weighted by Crippen LogP contribution is 2.37. The van der Waals surface area contributed by atoms with Gasteiger partial charge in [0.1, 0.15) is 18.1 Å². The normalized spacial score (nSPS) is 14.6. The van der Waals surface area contributed by atoms with E-state index < -0.39 is 23.5 Å². The molecule has 0 saturated carbocycles. The van der Waals surface area contributed by atoms with Crippen molar-refractivity contribution in [2.45, 2.75) is 19.9 Å². The molecule has 0 N–H and O–H groups in total. The van der Waals surface area contributed by atoms with Crippen LogP contribution in [0.25, 0.3) is 17.4 Å². The van der Waals surface area contributed by atoms with Crippen LogP contribution < -0.4 is 24.4 Å². The summed E-state index contributed by atoms with van der Waals surface area (Å²) in [6, 6.07) is 12.5. The minimum atomic E-state index is -0.923. The van der Waals surface area contributed by atoms with Gasteiger partial charge in [0.2, 0.25) is 0 Å². The van der Waals surface area contributed by atoms with Crippen molar-refractivity contribution < 1.29 is 28.2 Å². The van der Waals surface area contributed by atoms with Gasteiger partial charge in [-0.3, -0.25) is 14.2 Å². The molecule has 220 valence electrons. The molecule has 3 heterocycles. The fraction of sp³-hybridized carbons (Fsp3) is 0.161. The summed E-state index contributed by atoms with van der Waals surface area (Å²) in [5, 5.41) is 0.742. The molecule has 9 nitrogen and oxygen atoms in total. The Bertz CT molecular complexity index is 1990. The smallest absolute Gasteiger partial charge is 0.338 e. The van der Waals surface area contributed by atoms with Crippen molar-refractivity contribution in [3.8, 4) is 22.8 Å². The summed E-state index contributed by atoms with van der Waals surface area (Å²) in [4.78, 5) is 43.8. The van der Waals surface area contributed by atoms with E-state index >= 15 is 0 Å². The van der Waals surface area contributed by atoms with Gasteiger partial charge in [0, 0.05) is 18.6 Å². The van der Waals surface area contributed by atoms with Crippen LogP contribution in [0.15, 0.2) is 86.7 Å². The molecule has 0 bridgehead atoms. The number of methoxy groups -OCH3 is 1. The third-order valence-corrected chi connectivity index (χ3v) is 8.25. The highest BCUT2D eigenvalue weighted by Gasteiger charge is 2.34. The Balaban J connectivity index is 1.65. The number of furan rings is 1. The van der Waals surface area contributed by atoms with Gasteiger partial charge in [-0.2, -0.15) is 0 Å². The second-order valence-corrected chi connectivity index (χ2v) is 11.1. The van der Waals surface area contributed by atoms with E-state index in [1.54, 1.807) is 61.5 Å². The Morgan fingerprint density at radius 2 is 1.95 bits per heavy atom. The number of fused-ring (bicyclic) bond motifs is 1. The third kappa shape index (κ3) is 5.94. The lowest BCUT2D eigenvalue weighted by Crippen LogP contribution is -2.40. The van der Waals surface area contributed by atoms with Gasteiger partial charge in [-0.25, -0.2) is 9.79 Å². The number of nitrogens with zero attached hydrogens (tertiary/aromatic N) is 2. The summed E-state index contributed by atoms with van der Waals surface area (Å²) in [6.45, 7) is 6.52. The van der Waals surface area contributed by atoms with Crippen LogP contribution in [0.1, 0.15) is 31.2 Å². The number of hydrogen-bond donors (Lipinski definition) is 0. The number of rotatable bonds is 8. The molecule has 1 atom stereocenters. The molecule has 0 fully saturated rings. The number of esters is 2. The van der Waals surface area contributed by atoms with Crippen molar-refractivity contribution in [3.05, 3.63) is 114 Å². The molecule has 0 aliphatic carbocycles. The lowest BCUT2D eigenvalue weighted by Gasteiger charge is -2.25. The van der Waals surface area contributed by atoms with Crippen LogP contribution in [0.2, 0.25) is 10.0 Å². The van der Waals surface area contributed by atoms with Crippen molar-refractivity contribution in [2.24, 2.45) is 4.99 Å². The first kappa shape index (κ1) is 30.1. The fourth-order valence-electron chi connectivity index (χ4n) is 4.60. The predicted molar refractivity (Wildman–Crippen MR) is 163 cm³/mol. The van der Waals surface area contributed by atoms with Gasteiger partial charge < -0.3 is 18.6 Å². The molecule has 4 aromatic rings. The van der Waals surface area contributed by atoms with Gasteiger partial charge >= 0.3 is 11.9 Å². The van der Waals surface area contributed by atoms with E-state index in [4.69, 9.17) is 41.8 Å². The topological polar surface area (TPSA) is 109 Å². The Morgan fingerprint density at radius 3 is 2.67 bits per heavy atom. The van der Waals surface area contributed by atoms with Crippen molar-refractivity contribution in [1.82, 2.24) is 4.57 Å². The molecule has 2 aromatic carbocycles. The molecule has 1 aliphatic heterocycles. The number of aromatic nitrogens is 1. The number of carbonyl (C=O) groups excluding carboxylic acids is 2. The van der Waals surface area contributed by atoms with E-state index in [0.717, 1.165) is 11.3 Å². The molecule has 43 heavy (non-hydrogen) atoms. The molecule has 0 spiro atoms. The van der Waals surface area contributed by atoms with Crippen LogP contribution in [-0.2, 0) is 14.3 Å². The van der Waals surface area contributed by atoms with Crippen molar-refractivity contribution in [2.75, 3.05) is 13.7 Å². The number of carbonyl (C=O) groups is 2. The van der Waals surface area contributed by atoms with Crippen LogP contribution >= 0.6 is 34.5 Å². The molecule has 1 aliphatic rings. The van der Waals surface area contributed by atoms with Gasteiger partial charge in [0.25, 0.3) is 5.56 Å². The minimum Gasteiger partial charge on any atom is -0.493 e. The number of allylic oxidation sites excluding steroid dienone is 1. The van der Waals surface area contributed by atoms with E-state index in [1.165, 1.54) is 24.7 Å². The Labute approximate surface area is 259 Å². The molecular formula is C31H24Cl2N2O7S. The van der Waals surface area contributed by atoms with Gasteiger partial charge in [-0.1, -0.05) is 59.3 Å². The fourth-order valence-corrected chi connectivity index (χ4v) is 6.02. The third-order valence-electron chi connectivity index (χ3n) is 6.45. The maximum Gasteiger partial charge on any atom is 0.338 e. The van der Waals surface area contributed by atoms with Crippen LogP contribution in [0.3, 0.4) is 0 Å². The monoisotopic (exact) mass is 638 g/mol. The minimum absolute atomic E-state index is 0.0288. The number of benzene rings is 2. The van der Waals surface area contributed by atoms with Crippen LogP contribution in [0.5, 0.6) is 11.5 Å². The summed E-state index contributed by atoms with van der Waals surface area (Å²) in [5.74, 6) is 0.135. The Kier molecular flexibility index (Phi) is 8.72. The highest BCUT2D eigenvalue weighted by molar-refractivity contribution is 7.07. The van der Waals surface area contributed by atoms with Crippen LogP contribution in [0, 0.1) is 0 Å². The average molecular weight is 640 g/mol. The van der Waals surface area contributed by atoms with E-state index in [-0.39, 0.29) is 23.7 Å². The molecule has 0 radical (unpaired) electrons. The number of ether oxygens (including phenoxy) is 3. The summed E-state index contributed by atoms with van der Waals surface area (Å²) in [7, 11) is 1.42. The molecule has 0 amide bonds. The largest absolute Gasteiger partial charge is 0.493 e. The first-order valence-electron chi connectivity index (χ1n) is 12.8. The lowest BCUT2D eigenvalue weighted by molar-refractivity contribution is -0.138. The van der Waals surface area contributed by atoms with Crippen LogP contribution in [0.4, 0.5) is 0 Å². The zero-order valence-electron chi connectivity index (χ0n) is 23.2. The molecule has 1 unspecified atom stereocenters. The second kappa shape index (κ2) is 12.5. The highest BCUT2D eigenvalue weighted by atomic mass is 35.5. The molecular weight excluding hydrogens is 615 g/mol. The van der Waals surface area contributed by atoms with Gasteiger partial charge in [-0.15, -0.1) is 0 Å². The summed E-state index contributed by atoms with van der Waals surface area (Å²) >= 11 is 13.7. The number of halogens is 2. The van der Waals surface area contributed by atoms with Crippen molar-refractivity contribution in [1.29, 1.82) is 0 Å². The Hall–Kier alpha value is -4.38. The zero-order chi connectivity index (χ0) is 30.8. The van der Waals surface area contributed by atoms with E-state index in [2.05, 4.69) is 11.6 Å². The molecule has 12 heteroatoms. The SMILES string of the molecule is C=CCOC(=O)C1=C(C)N=c2sc(=Cc3ccc(-c4cccc(Cl)c4Cl)o3)c(=O)n2C1c1ccc(OC(C)=O)c(OC)c1. The van der Waals surface area contributed by atoms with Crippen molar-refractivity contribution >= 4 is 52.6 Å². The maximum absolute atomic E-state index is 13.9.